The summed E-state index contributed by atoms with van der Waals surface area (Å²) in [5, 5.41) is 1.14. The van der Waals surface area contributed by atoms with E-state index in [0.29, 0.717) is 11.8 Å². The molecule has 0 spiro atoms. The average Bonchev–Trinajstić information content (AvgIpc) is 3.06. The molecule has 1 unspecified atom stereocenters. The fourth-order valence-electron chi connectivity index (χ4n) is 4.17. The first-order chi connectivity index (χ1) is 12.7. The summed E-state index contributed by atoms with van der Waals surface area (Å²) in [7, 11) is 0. The van der Waals surface area contributed by atoms with E-state index in [1.165, 1.54) is 24.4 Å². The normalized spacial score (nSPS) is 20.2. The second-order valence-corrected chi connectivity index (χ2v) is 7.83. The first kappa shape index (κ1) is 15.7. The van der Waals surface area contributed by atoms with Gasteiger partial charge in [-0.25, -0.2) is 4.98 Å². The first-order valence-electron chi connectivity index (χ1n) is 9.57. The largest absolute Gasteiger partial charge is 0.361 e. The number of hydrogen-bond donors (Lipinski definition) is 1. The summed E-state index contributed by atoms with van der Waals surface area (Å²) in [6.07, 6.45) is 7.52. The van der Waals surface area contributed by atoms with Crippen LogP contribution >= 0.6 is 0 Å². The van der Waals surface area contributed by atoms with Crippen LogP contribution in [0.5, 0.6) is 0 Å². The third-order valence-corrected chi connectivity index (χ3v) is 5.84. The number of aromatic nitrogens is 3. The molecule has 1 saturated carbocycles. The molecule has 3 heterocycles. The lowest BCUT2D eigenvalue weighted by Crippen LogP contribution is -2.29. The van der Waals surface area contributed by atoms with Crippen molar-refractivity contribution in [2.75, 3.05) is 13.1 Å². The number of nitrogens with zero attached hydrogens (tertiary/aromatic N) is 3. The maximum atomic E-state index is 12.9. The Hall–Kier alpha value is -2.56. The minimum atomic E-state index is 0.147. The lowest BCUT2D eigenvalue weighted by Gasteiger charge is -2.18. The first-order valence-corrected chi connectivity index (χ1v) is 9.57. The van der Waals surface area contributed by atoms with Gasteiger partial charge in [-0.3, -0.25) is 4.79 Å². The maximum absolute atomic E-state index is 12.9. The van der Waals surface area contributed by atoms with Crippen molar-refractivity contribution in [3.63, 3.8) is 0 Å². The molecule has 5 heteroatoms. The zero-order valence-corrected chi connectivity index (χ0v) is 15.1. The summed E-state index contributed by atoms with van der Waals surface area (Å²) in [5.41, 5.74) is 3.04. The van der Waals surface area contributed by atoms with E-state index in [0.717, 1.165) is 42.5 Å². The predicted octanol–water partition coefficient (Wildman–Crippen LogP) is 3.71. The summed E-state index contributed by atoms with van der Waals surface area (Å²) >= 11 is 0. The molecule has 1 amide bonds. The number of imidazole rings is 1. The molecule has 26 heavy (non-hydrogen) atoms. The van der Waals surface area contributed by atoms with Gasteiger partial charge in [-0.15, -0.1) is 0 Å². The van der Waals surface area contributed by atoms with Crippen LogP contribution in [0, 0.1) is 12.8 Å². The molecule has 0 radical (unpaired) electrons. The topological polar surface area (TPSA) is 53.9 Å². The van der Waals surface area contributed by atoms with Crippen LogP contribution in [0.15, 0.2) is 36.7 Å². The van der Waals surface area contributed by atoms with Crippen molar-refractivity contribution in [3.8, 4) is 0 Å². The molecular formula is C21H24N4O. The number of benzene rings is 1. The maximum Gasteiger partial charge on any atom is 0.253 e. The number of carbonyl (C=O) groups excluding carboxylic acids is 1. The Morgan fingerprint density at radius 3 is 3.00 bits per heavy atom. The molecule has 2 fully saturated rings. The Balaban J connectivity index is 1.29. The Morgan fingerprint density at radius 1 is 1.27 bits per heavy atom. The summed E-state index contributed by atoms with van der Waals surface area (Å²) in [5.74, 6) is 2.58. The molecule has 1 aromatic carbocycles. The van der Waals surface area contributed by atoms with Gasteiger partial charge in [-0.1, -0.05) is 6.07 Å². The van der Waals surface area contributed by atoms with Crippen molar-refractivity contribution in [2.45, 2.75) is 38.6 Å². The van der Waals surface area contributed by atoms with Crippen LogP contribution in [0.3, 0.4) is 0 Å². The molecule has 1 aliphatic heterocycles. The number of hydrogen-bond acceptors (Lipinski definition) is 2. The monoisotopic (exact) mass is 348 g/mol. The molecule has 5 rings (SSSR count). The summed E-state index contributed by atoms with van der Waals surface area (Å²) < 4.78 is 2.39. The van der Waals surface area contributed by atoms with E-state index in [4.69, 9.17) is 0 Å². The van der Waals surface area contributed by atoms with Gasteiger partial charge in [0.05, 0.1) is 0 Å². The van der Waals surface area contributed by atoms with Crippen molar-refractivity contribution in [1.29, 1.82) is 0 Å². The average molecular weight is 348 g/mol. The number of fused-ring (bicyclic) bond motifs is 1. The van der Waals surface area contributed by atoms with Crippen LogP contribution in [-0.4, -0.2) is 38.4 Å². The summed E-state index contributed by atoms with van der Waals surface area (Å²) in [6, 6.07) is 7.96. The number of rotatable bonds is 4. The van der Waals surface area contributed by atoms with Crippen molar-refractivity contribution >= 4 is 16.8 Å². The second-order valence-electron chi connectivity index (χ2n) is 7.83. The van der Waals surface area contributed by atoms with Gasteiger partial charge in [-0.2, -0.15) is 0 Å². The number of nitrogens with one attached hydrogen (secondary N) is 1. The van der Waals surface area contributed by atoms with Crippen LogP contribution in [0.2, 0.25) is 0 Å². The SMILES string of the molecule is Cc1cnc(C2CC2)n1CC1CCN(C(=O)c2ccc3cc[nH]c3c2)C1. The van der Waals surface area contributed by atoms with Gasteiger partial charge in [0.25, 0.3) is 5.91 Å². The third kappa shape index (κ3) is 2.71. The van der Waals surface area contributed by atoms with E-state index in [2.05, 4.69) is 21.5 Å². The highest BCUT2D eigenvalue weighted by Gasteiger charge is 2.32. The molecular weight excluding hydrogens is 324 g/mol. The Labute approximate surface area is 153 Å². The van der Waals surface area contributed by atoms with Crippen LogP contribution < -0.4 is 0 Å². The summed E-state index contributed by atoms with van der Waals surface area (Å²) in [4.78, 5) is 22.7. The number of amides is 1. The number of likely N-dealkylation sites (tertiary alicyclic amines) is 1. The van der Waals surface area contributed by atoms with E-state index in [1.807, 2.05) is 41.6 Å². The fourth-order valence-corrected chi connectivity index (χ4v) is 4.17. The molecule has 134 valence electrons. The zero-order chi connectivity index (χ0) is 17.7. The van der Waals surface area contributed by atoms with Crippen LogP contribution in [0.4, 0.5) is 0 Å². The van der Waals surface area contributed by atoms with Gasteiger partial charge in [-0.05, 0) is 55.7 Å². The van der Waals surface area contributed by atoms with E-state index in [9.17, 15) is 4.79 Å². The Kier molecular flexibility index (Phi) is 3.62. The molecule has 2 aliphatic rings. The number of H-pyrrole nitrogens is 1. The number of aromatic amines is 1. The van der Waals surface area contributed by atoms with Crippen molar-refractivity contribution in [1.82, 2.24) is 19.4 Å². The molecule has 1 saturated heterocycles. The lowest BCUT2D eigenvalue weighted by atomic mass is 10.1. The van der Waals surface area contributed by atoms with Crippen LogP contribution in [0.1, 0.15) is 47.1 Å². The van der Waals surface area contributed by atoms with E-state index >= 15 is 0 Å². The third-order valence-electron chi connectivity index (χ3n) is 5.84. The van der Waals surface area contributed by atoms with Gasteiger partial charge < -0.3 is 14.5 Å². The lowest BCUT2D eigenvalue weighted by molar-refractivity contribution is 0.0786. The zero-order valence-electron chi connectivity index (χ0n) is 15.1. The molecule has 3 aromatic rings. The van der Waals surface area contributed by atoms with E-state index < -0.39 is 0 Å². The van der Waals surface area contributed by atoms with Gasteiger partial charge in [0.15, 0.2) is 0 Å². The quantitative estimate of drug-likeness (QED) is 0.781. The van der Waals surface area contributed by atoms with Crippen molar-refractivity contribution in [2.24, 2.45) is 5.92 Å². The van der Waals surface area contributed by atoms with Gasteiger partial charge in [0.2, 0.25) is 0 Å². The van der Waals surface area contributed by atoms with Crippen LogP contribution in [0.25, 0.3) is 10.9 Å². The highest BCUT2D eigenvalue weighted by molar-refractivity contribution is 5.98. The van der Waals surface area contributed by atoms with E-state index in [1.54, 1.807) is 0 Å². The Morgan fingerprint density at radius 2 is 2.15 bits per heavy atom. The molecule has 1 N–H and O–H groups in total. The van der Waals surface area contributed by atoms with Crippen LogP contribution in [-0.2, 0) is 6.54 Å². The standard InChI is InChI=1S/C21H24N4O/c1-14-11-23-20(17-3-4-17)25(14)13-15-7-9-24(12-15)21(26)18-5-2-16-6-8-22-19(16)10-18/h2,5-6,8,10-11,15,17,22H,3-4,7,9,12-13H2,1H3. The number of carbonyl (C=O) groups is 1. The number of aryl methyl sites for hydroxylation is 1. The summed E-state index contributed by atoms with van der Waals surface area (Å²) in [6.45, 7) is 4.81. The minimum Gasteiger partial charge on any atom is -0.361 e. The highest BCUT2D eigenvalue weighted by atomic mass is 16.2. The van der Waals surface area contributed by atoms with Crippen molar-refractivity contribution < 1.29 is 4.79 Å². The van der Waals surface area contributed by atoms with Gasteiger partial charge in [0.1, 0.15) is 5.82 Å². The minimum absolute atomic E-state index is 0.147. The second kappa shape index (κ2) is 6.01. The molecule has 1 aliphatic carbocycles. The smallest absolute Gasteiger partial charge is 0.253 e. The molecule has 0 bridgehead atoms. The fraction of sp³-hybridized carbons (Fsp3) is 0.429. The van der Waals surface area contributed by atoms with Gasteiger partial charge >= 0.3 is 0 Å². The molecule has 1 atom stereocenters. The van der Waals surface area contributed by atoms with Gasteiger partial charge in [0, 0.05) is 54.7 Å². The molecule has 5 nitrogen and oxygen atoms in total. The highest BCUT2D eigenvalue weighted by Crippen LogP contribution is 2.40. The van der Waals surface area contributed by atoms with Crippen molar-refractivity contribution in [3.05, 3.63) is 53.7 Å². The molecule has 2 aromatic heterocycles. The van der Waals surface area contributed by atoms with E-state index in [-0.39, 0.29) is 5.91 Å². The predicted molar refractivity (Wildman–Crippen MR) is 101 cm³/mol. The Bertz CT molecular complexity index is 965.